The van der Waals surface area contributed by atoms with Crippen LogP contribution in [0, 0.1) is 0 Å². The zero-order chi connectivity index (χ0) is 22.9. The molecule has 0 radical (unpaired) electrons. The second-order valence-electron chi connectivity index (χ2n) is 9.43. The number of hydrogen-bond acceptors (Lipinski definition) is 7. The van der Waals surface area contributed by atoms with Crippen molar-refractivity contribution < 1.29 is 18.9 Å². The fourth-order valence-electron chi connectivity index (χ4n) is 2.88. The Hall–Kier alpha value is -2.16. The van der Waals surface area contributed by atoms with Crippen molar-refractivity contribution in [2.24, 2.45) is 0 Å². The number of hydrogen-bond donors (Lipinski definition) is 1. The highest BCUT2D eigenvalue weighted by atomic mass is 28.3. The number of aromatic nitrogens is 2. The topological polar surface area (TPSA) is 74.7 Å². The van der Waals surface area contributed by atoms with Crippen molar-refractivity contribution in [3.05, 3.63) is 41.6 Å². The van der Waals surface area contributed by atoms with Crippen molar-refractivity contribution in [3.63, 3.8) is 0 Å². The average molecular weight is 448 g/mol. The van der Waals surface area contributed by atoms with E-state index < -0.39 is 8.07 Å². The molecule has 1 aromatic carbocycles. The summed E-state index contributed by atoms with van der Waals surface area (Å²) in [5, 5.41) is 11.7. The van der Waals surface area contributed by atoms with Crippen molar-refractivity contribution in [1.29, 1.82) is 0 Å². The standard InChI is InChI=1S/C23H37N3O4Si/c1-23(2,16-30-17-29-10-11-31(5,6)7)19-12-22(26-25-15-19)24-14-18-8-9-20(27-3)13-21(18)28-4/h8-9,12-13,15H,10-11,14,16-17H2,1-7H3,(H,24,26). The van der Waals surface area contributed by atoms with Crippen molar-refractivity contribution >= 4 is 13.9 Å². The molecule has 0 aliphatic heterocycles. The van der Waals surface area contributed by atoms with Crippen LogP contribution in [0.4, 0.5) is 5.82 Å². The molecule has 0 fully saturated rings. The van der Waals surface area contributed by atoms with E-state index >= 15 is 0 Å². The van der Waals surface area contributed by atoms with Gasteiger partial charge in [0.25, 0.3) is 0 Å². The third-order valence-corrected chi connectivity index (χ3v) is 6.72. The third-order valence-electron chi connectivity index (χ3n) is 5.02. The molecular weight excluding hydrogens is 410 g/mol. The Morgan fingerprint density at radius 3 is 2.48 bits per heavy atom. The molecule has 0 unspecified atom stereocenters. The Morgan fingerprint density at radius 1 is 1.03 bits per heavy atom. The average Bonchev–Trinajstić information content (AvgIpc) is 2.74. The van der Waals surface area contributed by atoms with Crippen LogP contribution in [-0.4, -0.2) is 52.5 Å². The number of nitrogens with one attached hydrogen (secondary N) is 1. The Kier molecular flexibility index (Phi) is 9.27. The lowest BCUT2D eigenvalue weighted by Gasteiger charge is -2.25. The minimum Gasteiger partial charge on any atom is -0.497 e. The van der Waals surface area contributed by atoms with Gasteiger partial charge in [0.1, 0.15) is 24.1 Å². The van der Waals surface area contributed by atoms with E-state index in [4.69, 9.17) is 18.9 Å². The van der Waals surface area contributed by atoms with Gasteiger partial charge in [-0.1, -0.05) is 33.5 Å². The fraction of sp³-hybridized carbons (Fsp3) is 0.565. The van der Waals surface area contributed by atoms with Gasteiger partial charge >= 0.3 is 0 Å². The lowest BCUT2D eigenvalue weighted by molar-refractivity contribution is -0.0622. The van der Waals surface area contributed by atoms with E-state index in [2.05, 4.69) is 49.0 Å². The van der Waals surface area contributed by atoms with Crippen molar-refractivity contribution in [2.45, 2.75) is 51.5 Å². The van der Waals surface area contributed by atoms with Crippen LogP contribution in [0.1, 0.15) is 25.0 Å². The van der Waals surface area contributed by atoms with E-state index in [1.165, 1.54) is 0 Å². The van der Waals surface area contributed by atoms with Gasteiger partial charge in [0.05, 0.1) is 27.0 Å². The maximum absolute atomic E-state index is 5.79. The largest absolute Gasteiger partial charge is 0.497 e. The summed E-state index contributed by atoms with van der Waals surface area (Å²) < 4.78 is 22.1. The molecule has 8 heteroatoms. The predicted octanol–water partition coefficient (Wildman–Crippen LogP) is 4.71. The van der Waals surface area contributed by atoms with Crippen LogP contribution in [0.25, 0.3) is 0 Å². The monoisotopic (exact) mass is 447 g/mol. The third kappa shape index (κ3) is 8.47. The molecule has 1 aromatic heterocycles. The zero-order valence-electron chi connectivity index (χ0n) is 19.9. The summed E-state index contributed by atoms with van der Waals surface area (Å²) in [6.45, 7) is 13.5. The summed E-state index contributed by atoms with van der Waals surface area (Å²) in [5.41, 5.74) is 1.84. The second kappa shape index (κ2) is 11.5. The molecule has 2 rings (SSSR count). The molecule has 0 bridgehead atoms. The molecule has 0 amide bonds. The molecule has 1 N–H and O–H groups in total. The molecule has 0 spiro atoms. The van der Waals surface area contributed by atoms with Gasteiger partial charge < -0.3 is 24.3 Å². The Bertz CT molecular complexity index is 825. The van der Waals surface area contributed by atoms with E-state index in [1.807, 2.05) is 24.3 Å². The van der Waals surface area contributed by atoms with Gasteiger partial charge in [-0.25, -0.2) is 0 Å². The molecule has 0 saturated carbocycles. The first-order valence-electron chi connectivity index (χ1n) is 10.6. The molecule has 0 aliphatic carbocycles. The SMILES string of the molecule is COc1ccc(CNc2cc(C(C)(C)COCOCC[Si](C)(C)C)cnn2)c(OC)c1. The number of nitrogens with zero attached hydrogens (tertiary/aromatic N) is 2. The molecule has 1 heterocycles. The van der Waals surface area contributed by atoms with Crippen molar-refractivity contribution in [2.75, 3.05) is 39.5 Å². The van der Waals surface area contributed by atoms with Gasteiger partial charge in [0, 0.05) is 38.3 Å². The summed E-state index contributed by atoms with van der Waals surface area (Å²) in [5.74, 6) is 2.22. The number of benzene rings is 1. The number of methoxy groups -OCH3 is 2. The summed E-state index contributed by atoms with van der Waals surface area (Å²) in [7, 11) is 2.21. The van der Waals surface area contributed by atoms with Crippen LogP contribution in [0.2, 0.25) is 25.7 Å². The first-order valence-corrected chi connectivity index (χ1v) is 14.3. The summed E-state index contributed by atoms with van der Waals surface area (Å²) in [6, 6.07) is 8.90. The van der Waals surface area contributed by atoms with Crippen LogP contribution < -0.4 is 14.8 Å². The molecular formula is C23H37N3O4Si. The van der Waals surface area contributed by atoms with E-state index in [0.717, 1.165) is 35.3 Å². The lowest BCUT2D eigenvalue weighted by atomic mass is 9.87. The van der Waals surface area contributed by atoms with E-state index in [-0.39, 0.29) is 5.41 Å². The molecule has 2 aromatic rings. The molecule has 7 nitrogen and oxygen atoms in total. The second-order valence-corrected chi connectivity index (χ2v) is 15.1. The smallest absolute Gasteiger partial charge is 0.149 e. The van der Waals surface area contributed by atoms with Gasteiger partial charge in [0.2, 0.25) is 0 Å². The minimum atomic E-state index is -1.07. The molecule has 0 aliphatic rings. The predicted molar refractivity (Wildman–Crippen MR) is 127 cm³/mol. The van der Waals surface area contributed by atoms with Crippen LogP contribution in [0.5, 0.6) is 11.5 Å². The quantitative estimate of drug-likeness (QED) is 0.271. The summed E-state index contributed by atoms with van der Waals surface area (Å²) >= 11 is 0. The maximum atomic E-state index is 5.79. The highest BCUT2D eigenvalue weighted by Crippen LogP contribution is 2.27. The van der Waals surface area contributed by atoms with Gasteiger partial charge in [-0.3, -0.25) is 0 Å². The minimum absolute atomic E-state index is 0.216. The first-order chi connectivity index (χ1) is 14.6. The normalized spacial score (nSPS) is 12.0. The van der Waals surface area contributed by atoms with Gasteiger partial charge in [-0.15, -0.1) is 5.10 Å². The Labute approximate surface area is 187 Å². The van der Waals surface area contributed by atoms with Crippen LogP contribution in [0.15, 0.2) is 30.5 Å². The fourth-order valence-corrected chi connectivity index (χ4v) is 3.64. The molecule has 31 heavy (non-hydrogen) atoms. The van der Waals surface area contributed by atoms with Crippen molar-refractivity contribution in [3.8, 4) is 11.5 Å². The van der Waals surface area contributed by atoms with Gasteiger partial charge in [0.15, 0.2) is 0 Å². The van der Waals surface area contributed by atoms with Gasteiger partial charge in [-0.05, 0) is 29.8 Å². The van der Waals surface area contributed by atoms with Crippen molar-refractivity contribution in [1.82, 2.24) is 10.2 Å². The van der Waals surface area contributed by atoms with Crippen LogP contribution >= 0.6 is 0 Å². The number of rotatable bonds is 13. The van der Waals surface area contributed by atoms with Crippen LogP contribution in [0.3, 0.4) is 0 Å². The van der Waals surface area contributed by atoms with E-state index in [0.29, 0.717) is 25.8 Å². The molecule has 0 atom stereocenters. The summed E-state index contributed by atoms with van der Waals surface area (Å²) in [6.07, 6.45) is 1.79. The van der Waals surface area contributed by atoms with E-state index in [9.17, 15) is 0 Å². The summed E-state index contributed by atoms with van der Waals surface area (Å²) in [4.78, 5) is 0. The highest BCUT2D eigenvalue weighted by molar-refractivity contribution is 6.76. The zero-order valence-corrected chi connectivity index (χ0v) is 20.9. The van der Waals surface area contributed by atoms with E-state index in [1.54, 1.807) is 20.4 Å². The maximum Gasteiger partial charge on any atom is 0.149 e. The lowest BCUT2D eigenvalue weighted by Crippen LogP contribution is -2.26. The van der Waals surface area contributed by atoms with Crippen LogP contribution in [-0.2, 0) is 21.4 Å². The highest BCUT2D eigenvalue weighted by Gasteiger charge is 2.22. The molecule has 0 saturated heterocycles. The Balaban J connectivity index is 1.90. The van der Waals surface area contributed by atoms with Gasteiger partial charge in [-0.2, -0.15) is 5.10 Å². The number of anilines is 1. The molecule has 172 valence electrons. The Morgan fingerprint density at radius 2 is 1.81 bits per heavy atom. The first kappa shape index (κ1) is 25.1. The number of ether oxygens (including phenoxy) is 4.